The lowest BCUT2D eigenvalue weighted by Gasteiger charge is -2.13. The van der Waals surface area contributed by atoms with Crippen LogP contribution < -0.4 is 20.7 Å². The zero-order valence-corrected chi connectivity index (χ0v) is 17.4. The number of hydrogen-bond donors (Lipinski definition) is 3. The lowest BCUT2D eigenvalue weighted by atomic mass is 10.1. The van der Waals surface area contributed by atoms with Gasteiger partial charge in [0, 0.05) is 20.0 Å². The summed E-state index contributed by atoms with van der Waals surface area (Å²) < 4.78 is 18.5. The van der Waals surface area contributed by atoms with E-state index in [2.05, 4.69) is 20.9 Å². The third-order valence-electron chi connectivity index (χ3n) is 4.33. The van der Waals surface area contributed by atoms with Gasteiger partial charge in [0.1, 0.15) is 11.6 Å². The van der Waals surface area contributed by atoms with Crippen molar-refractivity contribution in [1.29, 1.82) is 0 Å². The first-order valence-electron chi connectivity index (χ1n) is 9.64. The first-order chi connectivity index (χ1) is 13.9. The molecule has 0 aliphatic rings. The summed E-state index contributed by atoms with van der Waals surface area (Å²) in [5, 5.41) is 9.29. The Morgan fingerprint density at radius 3 is 2.62 bits per heavy atom. The highest BCUT2D eigenvalue weighted by Crippen LogP contribution is 2.25. The van der Waals surface area contributed by atoms with Crippen molar-refractivity contribution in [2.75, 3.05) is 25.5 Å². The monoisotopic (exact) mass is 400 g/mol. The number of aryl methyl sites for hydroxylation is 1. The molecule has 0 saturated heterocycles. The number of benzene rings is 2. The van der Waals surface area contributed by atoms with Crippen molar-refractivity contribution in [1.82, 2.24) is 10.6 Å². The number of nitrogens with one attached hydrogen (secondary N) is 3. The Morgan fingerprint density at radius 1 is 1.17 bits per heavy atom. The van der Waals surface area contributed by atoms with Crippen LogP contribution in [0.2, 0.25) is 0 Å². The minimum Gasteiger partial charge on any atom is -0.495 e. The van der Waals surface area contributed by atoms with Crippen molar-refractivity contribution in [2.45, 2.75) is 33.7 Å². The van der Waals surface area contributed by atoms with Crippen molar-refractivity contribution in [3.05, 3.63) is 58.9 Å². The SMILES string of the molecule is CCNC(=NCc1ccc(OC)c(NC(C)=O)c1)NCCc1ccc(F)cc1C. The fourth-order valence-corrected chi connectivity index (χ4v) is 2.91. The number of halogens is 1. The van der Waals surface area contributed by atoms with E-state index >= 15 is 0 Å². The Morgan fingerprint density at radius 2 is 1.97 bits per heavy atom. The third-order valence-corrected chi connectivity index (χ3v) is 4.33. The highest BCUT2D eigenvalue weighted by atomic mass is 19.1. The quantitative estimate of drug-likeness (QED) is 0.469. The summed E-state index contributed by atoms with van der Waals surface area (Å²) >= 11 is 0. The highest BCUT2D eigenvalue weighted by molar-refractivity contribution is 5.90. The summed E-state index contributed by atoms with van der Waals surface area (Å²) in [7, 11) is 1.56. The molecule has 0 atom stereocenters. The molecule has 2 aromatic carbocycles. The molecule has 0 fully saturated rings. The zero-order valence-electron chi connectivity index (χ0n) is 17.4. The number of carbonyl (C=O) groups excluding carboxylic acids is 1. The molecule has 6 nitrogen and oxygen atoms in total. The van der Waals surface area contributed by atoms with E-state index in [1.165, 1.54) is 13.0 Å². The van der Waals surface area contributed by atoms with Crippen LogP contribution in [0.5, 0.6) is 5.75 Å². The maximum Gasteiger partial charge on any atom is 0.221 e. The molecule has 29 heavy (non-hydrogen) atoms. The van der Waals surface area contributed by atoms with E-state index < -0.39 is 0 Å². The van der Waals surface area contributed by atoms with Crippen molar-refractivity contribution < 1.29 is 13.9 Å². The van der Waals surface area contributed by atoms with Crippen LogP contribution in [0.25, 0.3) is 0 Å². The first-order valence-corrected chi connectivity index (χ1v) is 9.64. The van der Waals surface area contributed by atoms with Crippen LogP contribution in [0.15, 0.2) is 41.4 Å². The molecule has 2 rings (SSSR count). The largest absolute Gasteiger partial charge is 0.495 e. The topological polar surface area (TPSA) is 74.8 Å². The van der Waals surface area contributed by atoms with E-state index in [4.69, 9.17) is 4.74 Å². The molecule has 1 amide bonds. The van der Waals surface area contributed by atoms with Crippen LogP contribution in [-0.4, -0.2) is 32.1 Å². The van der Waals surface area contributed by atoms with Gasteiger partial charge in [-0.15, -0.1) is 0 Å². The number of anilines is 1. The molecular weight excluding hydrogens is 371 g/mol. The number of rotatable bonds is 8. The smallest absolute Gasteiger partial charge is 0.221 e. The van der Waals surface area contributed by atoms with Gasteiger partial charge in [-0.05, 0) is 61.2 Å². The summed E-state index contributed by atoms with van der Waals surface area (Å²) in [5.41, 5.74) is 3.61. The van der Waals surface area contributed by atoms with Crippen molar-refractivity contribution in [3.8, 4) is 5.75 Å². The number of ether oxygens (including phenoxy) is 1. The van der Waals surface area contributed by atoms with Gasteiger partial charge in [-0.2, -0.15) is 0 Å². The summed E-state index contributed by atoms with van der Waals surface area (Å²) in [5.74, 6) is 0.930. The second kappa shape index (κ2) is 11.0. The molecule has 0 saturated carbocycles. The summed E-state index contributed by atoms with van der Waals surface area (Å²) in [6.45, 7) is 7.23. The van der Waals surface area contributed by atoms with Gasteiger partial charge >= 0.3 is 0 Å². The number of methoxy groups -OCH3 is 1. The number of aliphatic imine (C=N–C) groups is 1. The lowest BCUT2D eigenvalue weighted by molar-refractivity contribution is -0.114. The summed E-state index contributed by atoms with van der Waals surface area (Å²) in [4.78, 5) is 16.0. The maximum absolute atomic E-state index is 13.2. The van der Waals surface area contributed by atoms with Crippen LogP contribution in [0.1, 0.15) is 30.5 Å². The van der Waals surface area contributed by atoms with Crippen LogP contribution in [-0.2, 0) is 17.8 Å². The van der Waals surface area contributed by atoms with Gasteiger partial charge in [0.2, 0.25) is 5.91 Å². The summed E-state index contributed by atoms with van der Waals surface area (Å²) in [6, 6.07) is 10.4. The van der Waals surface area contributed by atoms with Gasteiger partial charge in [-0.3, -0.25) is 4.79 Å². The normalized spacial score (nSPS) is 11.1. The van der Waals surface area contributed by atoms with Crippen molar-refractivity contribution in [3.63, 3.8) is 0 Å². The number of amides is 1. The Hall–Kier alpha value is -3.09. The molecule has 0 spiro atoms. The van der Waals surface area contributed by atoms with Crippen LogP contribution in [0.3, 0.4) is 0 Å². The highest BCUT2D eigenvalue weighted by Gasteiger charge is 2.07. The Balaban J connectivity index is 2.01. The van der Waals surface area contributed by atoms with Crippen molar-refractivity contribution in [2.24, 2.45) is 4.99 Å². The standard InChI is InChI=1S/C22H29FN4O2/c1-5-24-22(25-11-10-18-7-8-19(23)12-15(18)2)26-14-17-6-9-21(29-4)20(13-17)27-16(3)28/h6-9,12-13H,5,10-11,14H2,1-4H3,(H,27,28)(H2,24,25,26). The average molecular weight is 400 g/mol. The molecule has 0 unspecified atom stereocenters. The minimum atomic E-state index is -0.216. The van der Waals surface area contributed by atoms with Gasteiger partial charge in [-0.1, -0.05) is 12.1 Å². The number of carbonyl (C=O) groups is 1. The number of guanidine groups is 1. The fourth-order valence-electron chi connectivity index (χ4n) is 2.91. The molecular formula is C22H29FN4O2. The van der Waals surface area contributed by atoms with Crippen LogP contribution in [0.4, 0.5) is 10.1 Å². The van der Waals surface area contributed by atoms with Crippen LogP contribution >= 0.6 is 0 Å². The molecule has 0 aliphatic heterocycles. The van der Waals surface area contributed by atoms with Gasteiger partial charge in [0.25, 0.3) is 0 Å². The Labute approximate surface area is 171 Å². The van der Waals surface area contributed by atoms with Crippen LogP contribution in [0, 0.1) is 12.7 Å². The van der Waals surface area contributed by atoms with E-state index in [-0.39, 0.29) is 11.7 Å². The fraction of sp³-hybridized carbons (Fsp3) is 0.364. The van der Waals surface area contributed by atoms with Gasteiger partial charge in [-0.25, -0.2) is 9.38 Å². The van der Waals surface area contributed by atoms with E-state index in [1.54, 1.807) is 13.2 Å². The minimum absolute atomic E-state index is 0.157. The zero-order chi connectivity index (χ0) is 21.2. The van der Waals surface area contributed by atoms with Gasteiger partial charge in [0.15, 0.2) is 5.96 Å². The lowest BCUT2D eigenvalue weighted by Crippen LogP contribution is -2.38. The van der Waals surface area contributed by atoms with E-state index in [0.29, 0.717) is 30.5 Å². The molecule has 156 valence electrons. The molecule has 0 bridgehead atoms. The molecule has 3 N–H and O–H groups in total. The Kier molecular flexibility index (Phi) is 8.45. The van der Waals surface area contributed by atoms with E-state index in [1.807, 2.05) is 38.1 Å². The van der Waals surface area contributed by atoms with E-state index in [9.17, 15) is 9.18 Å². The molecule has 0 aliphatic carbocycles. The number of hydrogen-bond acceptors (Lipinski definition) is 3. The first kappa shape index (κ1) is 22.2. The Bertz CT molecular complexity index is 868. The maximum atomic E-state index is 13.2. The average Bonchev–Trinajstić information content (AvgIpc) is 2.67. The van der Waals surface area contributed by atoms with Crippen molar-refractivity contribution >= 4 is 17.6 Å². The van der Waals surface area contributed by atoms with Gasteiger partial charge < -0.3 is 20.7 Å². The second-order valence-electron chi connectivity index (χ2n) is 6.66. The van der Waals surface area contributed by atoms with E-state index in [0.717, 1.165) is 29.7 Å². The molecule has 0 radical (unpaired) electrons. The molecule has 2 aromatic rings. The number of nitrogens with zero attached hydrogens (tertiary/aromatic N) is 1. The van der Waals surface area contributed by atoms with Gasteiger partial charge in [0.05, 0.1) is 19.3 Å². The molecule has 7 heteroatoms. The molecule has 0 heterocycles. The second-order valence-corrected chi connectivity index (χ2v) is 6.66. The summed E-state index contributed by atoms with van der Waals surface area (Å²) in [6.07, 6.45) is 0.770. The molecule has 0 aromatic heterocycles. The predicted octanol–water partition coefficient (Wildman–Crippen LogP) is 3.40. The predicted molar refractivity (Wildman–Crippen MR) is 115 cm³/mol. The third kappa shape index (κ3) is 7.10.